The van der Waals surface area contributed by atoms with Crippen LogP contribution in [0.2, 0.25) is 0 Å². The van der Waals surface area contributed by atoms with Crippen molar-refractivity contribution >= 4 is 23.1 Å². The second-order valence-electron chi connectivity index (χ2n) is 4.78. The van der Waals surface area contributed by atoms with Gasteiger partial charge in [-0.3, -0.25) is 19.7 Å². The van der Waals surface area contributed by atoms with Crippen molar-refractivity contribution in [3.05, 3.63) is 58.6 Å². The third-order valence-electron chi connectivity index (χ3n) is 2.98. The summed E-state index contributed by atoms with van der Waals surface area (Å²) in [6.07, 6.45) is -0.313. The van der Waals surface area contributed by atoms with E-state index in [9.17, 15) is 19.7 Å². The van der Waals surface area contributed by atoms with Crippen LogP contribution in [0, 0.1) is 10.1 Å². The number of benzene rings is 2. The quantitative estimate of drug-likeness (QED) is 0.521. The number of amides is 1. The molecule has 2 aromatic rings. The van der Waals surface area contributed by atoms with E-state index in [1.807, 2.05) is 30.3 Å². The Labute approximate surface area is 126 Å². The number of nitrogens with one attached hydrogen (secondary N) is 1. The van der Waals surface area contributed by atoms with Gasteiger partial charge in [0, 0.05) is 6.07 Å². The van der Waals surface area contributed by atoms with Crippen LogP contribution in [-0.2, 0) is 9.59 Å². The number of hydrogen-bond acceptors (Lipinski definition) is 4. The first-order valence-corrected chi connectivity index (χ1v) is 6.60. The molecule has 0 radical (unpaired) electrons. The Morgan fingerprint density at radius 2 is 1.77 bits per heavy atom. The molecule has 2 rings (SSSR count). The zero-order valence-corrected chi connectivity index (χ0v) is 11.9. The Morgan fingerprint density at radius 3 is 2.36 bits per heavy atom. The Kier molecular flexibility index (Phi) is 4.63. The van der Waals surface area contributed by atoms with Crippen LogP contribution < -0.4 is 5.32 Å². The number of hydrogen-bond donors (Lipinski definition) is 1. The van der Waals surface area contributed by atoms with Gasteiger partial charge in [0.2, 0.25) is 5.91 Å². The summed E-state index contributed by atoms with van der Waals surface area (Å²) in [6.45, 7) is 1.29. The van der Waals surface area contributed by atoms with Crippen LogP contribution in [0.1, 0.15) is 13.3 Å². The van der Waals surface area contributed by atoms with E-state index in [4.69, 9.17) is 0 Å². The van der Waals surface area contributed by atoms with Gasteiger partial charge >= 0.3 is 0 Å². The largest absolute Gasteiger partial charge is 0.320 e. The number of nitro benzene ring substituents is 1. The third kappa shape index (κ3) is 3.76. The molecule has 0 spiro atoms. The number of rotatable bonds is 5. The van der Waals surface area contributed by atoms with E-state index in [-0.39, 0.29) is 23.6 Å². The number of ketones is 1. The van der Waals surface area contributed by atoms with Crippen molar-refractivity contribution in [1.82, 2.24) is 0 Å². The molecular weight excluding hydrogens is 284 g/mol. The lowest BCUT2D eigenvalue weighted by Gasteiger charge is -2.08. The second kappa shape index (κ2) is 6.62. The fourth-order valence-electron chi connectivity index (χ4n) is 2.03. The Bertz CT molecular complexity index is 726. The van der Waals surface area contributed by atoms with Gasteiger partial charge in [-0.25, -0.2) is 0 Å². The predicted molar refractivity (Wildman–Crippen MR) is 82.5 cm³/mol. The van der Waals surface area contributed by atoms with Crippen molar-refractivity contribution in [3.8, 4) is 11.1 Å². The molecule has 0 heterocycles. The van der Waals surface area contributed by atoms with Gasteiger partial charge in [-0.2, -0.15) is 0 Å². The molecule has 0 saturated heterocycles. The SMILES string of the molecule is CC(=O)CC(=O)Nc1cc(-c2ccccc2)ccc1[N+](=O)[O-]. The maximum Gasteiger partial charge on any atom is 0.292 e. The molecule has 0 aromatic heterocycles. The lowest BCUT2D eigenvalue weighted by Crippen LogP contribution is -2.15. The van der Waals surface area contributed by atoms with Crippen molar-refractivity contribution < 1.29 is 14.5 Å². The van der Waals surface area contributed by atoms with Crippen LogP contribution in [0.25, 0.3) is 11.1 Å². The van der Waals surface area contributed by atoms with E-state index in [2.05, 4.69) is 5.32 Å². The molecular formula is C16H14N2O4. The predicted octanol–water partition coefficient (Wildman–Crippen LogP) is 3.18. The monoisotopic (exact) mass is 298 g/mol. The first-order chi connectivity index (χ1) is 10.5. The van der Waals surface area contributed by atoms with Gasteiger partial charge in [0.1, 0.15) is 11.5 Å². The fourth-order valence-corrected chi connectivity index (χ4v) is 2.03. The van der Waals surface area contributed by atoms with E-state index >= 15 is 0 Å². The summed E-state index contributed by atoms with van der Waals surface area (Å²) in [7, 11) is 0. The van der Waals surface area contributed by atoms with Gasteiger partial charge < -0.3 is 5.32 Å². The minimum Gasteiger partial charge on any atom is -0.320 e. The highest BCUT2D eigenvalue weighted by Crippen LogP contribution is 2.30. The maximum atomic E-state index is 11.7. The van der Waals surface area contributed by atoms with Gasteiger partial charge in [0.25, 0.3) is 5.69 Å². The molecule has 0 fully saturated rings. The highest BCUT2D eigenvalue weighted by Gasteiger charge is 2.17. The lowest BCUT2D eigenvalue weighted by atomic mass is 10.0. The van der Waals surface area contributed by atoms with E-state index < -0.39 is 10.8 Å². The molecule has 0 saturated carbocycles. The van der Waals surface area contributed by atoms with E-state index in [0.717, 1.165) is 11.1 Å². The van der Waals surface area contributed by atoms with Crippen LogP contribution in [0.4, 0.5) is 11.4 Å². The first kappa shape index (κ1) is 15.4. The molecule has 22 heavy (non-hydrogen) atoms. The summed E-state index contributed by atoms with van der Waals surface area (Å²) in [5, 5.41) is 13.5. The molecule has 2 aromatic carbocycles. The zero-order valence-electron chi connectivity index (χ0n) is 11.9. The number of carbonyl (C=O) groups excluding carboxylic acids is 2. The van der Waals surface area contributed by atoms with Crippen molar-refractivity contribution in [3.63, 3.8) is 0 Å². The summed E-state index contributed by atoms with van der Waals surface area (Å²) in [5.74, 6) is -0.875. The average Bonchev–Trinajstić information content (AvgIpc) is 2.47. The average molecular weight is 298 g/mol. The van der Waals surface area contributed by atoms with Gasteiger partial charge in [-0.05, 0) is 30.2 Å². The van der Waals surface area contributed by atoms with Gasteiger partial charge in [0.05, 0.1) is 11.3 Å². The summed E-state index contributed by atoms with van der Waals surface area (Å²) >= 11 is 0. The zero-order chi connectivity index (χ0) is 16.1. The van der Waals surface area contributed by atoms with E-state index in [1.54, 1.807) is 6.07 Å². The summed E-state index contributed by atoms with van der Waals surface area (Å²) < 4.78 is 0. The highest BCUT2D eigenvalue weighted by atomic mass is 16.6. The highest BCUT2D eigenvalue weighted by molar-refractivity contribution is 6.04. The molecule has 112 valence electrons. The number of carbonyl (C=O) groups is 2. The van der Waals surface area contributed by atoms with Crippen molar-refractivity contribution in [2.24, 2.45) is 0 Å². The topological polar surface area (TPSA) is 89.3 Å². The smallest absolute Gasteiger partial charge is 0.292 e. The second-order valence-corrected chi connectivity index (χ2v) is 4.78. The van der Waals surface area contributed by atoms with Crippen molar-refractivity contribution in [2.45, 2.75) is 13.3 Å². The van der Waals surface area contributed by atoms with Crippen LogP contribution in [0.15, 0.2) is 48.5 Å². The molecule has 6 heteroatoms. The minimum absolute atomic E-state index is 0.0811. The Morgan fingerprint density at radius 1 is 1.09 bits per heavy atom. The molecule has 6 nitrogen and oxygen atoms in total. The number of nitro groups is 1. The molecule has 0 aliphatic carbocycles. The molecule has 0 unspecified atom stereocenters. The Balaban J connectivity index is 2.38. The molecule has 0 atom stereocenters. The summed E-state index contributed by atoms with van der Waals surface area (Å²) in [6, 6.07) is 13.8. The van der Waals surface area contributed by atoms with Crippen molar-refractivity contribution in [1.29, 1.82) is 0 Å². The van der Waals surface area contributed by atoms with Crippen LogP contribution in [0.5, 0.6) is 0 Å². The third-order valence-corrected chi connectivity index (χ3v) is 2.98. The Hall–Kier alpha value is -3.02. The molecule has 1 N–H and O–H groups in total. The normalized spacial score (nSPS) is 10.0. The maximum absolute atomic E-state index is 11.7. The number of Topliss-reactive ketones (excluding diaryl/α,β-unsaturated/α-hetero) is 1. The van der Waals surface area contributed by atoms with Gasteiger partial charge in [-0.1, -0.05) is 30.3 Å². The van der Waals surface area contributed by atoms with Crippen molar-refractivity contribution in [2.75, 3.05) is 5.32 Å². The standard InChI is InChI=1S/C16H14N2O4/c1-11(19)9-16(20)17-14-10-13(7-8-15(14)18(21)22)12-5-3-2-4-6-12/h2-8,10H,9H2,1H3,(H,17,20). The van der Waals surface area contributed by atoms with Crippen LogP contribution in [-0.4, -0.2) is 16.6 Å². The lowest BCUT2D eigenvalue weighted by molar-refractivity contribution is -0.383. The molecule has 0 aliphatic rings. The van der Waals surface area contributed by atoms with E-state index in [1.165, 1.54) is 19.1 Å². The van der Waals surface area contributed by atoms with Gasteiger partial charge in [0.15, 0.2) is 0 Å². The fraction of sp³-hybridized carbons (Fsp3) is 0.125. The summed E-state index contributed by atoms with van der Waals surface area (Å²) in [5.41, 5.74) is 1.48. The first-order valence-electron chi connectivity index (χ1n) is 6.60. The molecule has 1 amide bonds. The van der Waals surface area contributed by atoms with Crippen LogP contribution in [0.3, 0.4) is 0 Å². The minimum atomic E-state index is -0.571. The van der Waals surface area contributed by atoms with Gasteiger partial charge in [-0.15, -0.1) is 0 Å². The number of nitrogens with zero attached hydrogens (tertiary/aromatic N) is 1. The van der Waals surface area contributed by atoms with E-state index in [0.29, 0.717) is 0 Å². The summed E-state index contributed by atoms with van der Waals surface area (Å²) in [4.78, 5) is 33.1. The molecule has 0 aliphatic heterocycles. The van der Waals surface area contributed by atoms with Crippen LogP contribution >= 0.6 is 0 Å². The number of anilines is 1. The molecule has 0 bridgehead atoms.